The second kappa shape index (κ2) is 11.1. The van der Waals surface area contributed by atoms with Crippen molar-refractivity contribution in [3.05, 3.63) is 34.7 Å². The molecule has 2 aromatic rings. The Hall–Kier alpha value is -2.19. The lowest BCUT2D eigenvalue weighted by atomic mass is 9.93. The highest BCUT2D eigenvalue weighted by molar-refractivity contribution is 7.09. The van der Waals surface area contributed by atoms with Gasteiger partial charge in [0.15, 0.2) is 0 Å². The lowest BCUT2D eigenvalue weighted by molar-refractivity contribution is -0.133. The zero-order valence-corrected chi connectivity index (χ0v) is 18.2. The molecule has 1 aliphatic rings. The number of piperidine rings is 1. The van der Waals surface area contributed by atoms with Crippen LogP contribution in [0.4, 0.5) is 11.8 Å². The number of thiophene rings is 1. The molecule has 158 valence electrons. The Balaban J connectivity index is 1.51. The number of carbonyl (C=O) groups excluding carboxylic acids is 1. The second-order valence-electron chi connectivity index (χ2n) is 7.29. The Bertz CT molecular complexity index is 747. The van der Waals surface area contributed by atoms with Gasteiger partial charge in [-0.1, -0.05) is 6.07 Å². The smallest absolute Gasteiger partial charge is 0.224 e. The normalized spacial score (nSPS) is 14.8. The van der Waals surface area contributed by atoms with Crippen LogP contribution in [-0.2, 0) is 16.1 Å². The summed E-state index contributed by atoms with van der Waals surface area (Å²) >= 11 is 1.69. The summed E-state index contributed by atoms with van der Waals surface area (Å²) in [5, 5.41) is 5.21. The zero-order chi connectivity index (χ0) is 20.5. The summed E-state index contributed by atoms with van der Waals surface area (Å²) in [5.41, 5.74) is 0. The number of amides is 1. The maximum atomic E-state index is 12.9. The lowest BCUT2D eigenvalue weighted by Gasteiger charge is -2.33. The van der Waals surface area contributed by atoms with E-state index in [0.717, 1.165) is 38.3 Å². The number of carbonyl (C=O) groups is 1. The average molecular weight is 418 g/mol. The monoisotopic (exact) mass is 417 g/mol. The highest BCUT2D eigenvalue weighted by Crippen LogP contribution is 2.25. The molecule has 2 aromatic heterocycles. The van der Waals surface area contributed by atoms with Gasteiger partial charge in [0, 0.05) is 50.8 Å². The number of hydrogen-bond acceptors (Lipinski definition) is 7. The molecule has 0 aliphatic carbocycles. The van der Waals surface area contributed by atoms with E-state index in [-0.39, 0.29) is 5.91 Å². The lowest BCUT2D eigenvalue weighted by Crippen LogP contribution is -2.38. The fourth-order valence-corrected chi connectivity index (χ4v) is 4.31. The minimum Gasteiger partial charge on any atom is -0.383 e. The molecule has 3 rings (SSSR count). The van der Waals surface area contributed by atoms with Crippen molar-refractivity contribution in [2.45, 2.75) is 32.7 Å². The quantitative estimate of drug-likeness (QED) is 0.640. The number of aromatic nitrogens is 2. The molecule has 1 fully saturated rings. The van der Waals surface area contributed by atoms with Crippen molar-refractivity contribution in [1.29, 1.82) is 0 Å². The van der Waals surface area contributed by atoms with Gasteiger partial charge in [-0.05, 0) is 43.2 Å². The maximum Gasteiger partial charge on any atom is 0.224 e. The van der Waals surface area contributed by atoms with Gasteiger partial charge in [0.05, 0.1) is 13.2 Å². The van der Waals surface area contributed by atoms with Gasteiger partial charge in [-0.3, -0.25) is 4.79 Å². The fraction of sp³-hybridized carbons (Fsp3) is 0.571. The van der Waals surface area contributed by atoms with Crippen LogP contribution in [0.2, 0.25) is 0 Å². The van der Waals surface area contributed by atoms with Crippen LogP contribution in [0.25, 0.3) is 0 Å². The maximum absolute atomic E-state index is 12.9. The van der Waals surface area contributed by atoms with Gasteiger partial charge in [-0.25, -0.2) is 4.98 Å². The van der Waals surface area contributed by atoms with E-state index in [0.29, 0.717) is 38.0 Å². The van der Waals surface area contributed by atoms with Crippen LogP contribution < -0.4 is 10.2 Å². The van der Waals surface area contributed by atoms with E-state index in [4.69, 9.17) is 4.74 Å². The largest absolute Gasteiger partial charge is 0.383 e. The summed E-state index contributed by atoms with van der Waals surface area (Å²) in [6, 6.07) is 6.07. The first-order valence-corrected chi connectivity index (χ1v) is 11.2. The summed E-state index contributed by atoms with van der Waals surface area (Å²) in [6.45, 7) is 6.56. The van der Waals surface area contributed by atoms with Gasteiger partial charge in [-0.2, -0.15) is 4.98 Å². The molecule has 0 atom stereocenters. The SMILES string of the molecule is CCNc1nccc(N2CCC(CC(=O)N(CCOC)Cc3cccs3)CC2)n1. The molecule has 0 radical (unpaired) electrons. The summed E-state index contributed by atoms with van der Waals surface area (Å²) in [7, 11) is 1.68. The van der Waals surface area contributed by atoms with E-state index in [2.05, 4.69) is 31.6 Å². The predicted molar refractivity (Wildman–Crippen MR) is 117 cm³/mol. The summed E-state index contributed by atoms with van der Waals surface area (Å²) < 4.78 is 5.21. The Morgan fingerprint density at radius 1 is 1.38 bits per heavy atom. The van der Waals surface area contributed by atoms with Gasteiger partial charge in [0.2, 0.25) is 11.9 Å². The van der Waals surface area contributed by atoms with Crippen molar-refractivity contribution in [3.8, 4) is 0 Å². The highest BCUT2D eigenvalue weighted by Gasteiger charge is 2.25. The number of methoxy groups -OCH3 is 1. The molecule has 0 aromatic carbocycles. The molecule has 29 heavy (non-hydrogen) atoms. The zero-order valence-electron chi connectivity index (χ0n) is 17.3. The Labute approximate surface area is 177 Å². The van der Waals surface area contributed by atoms with Crippen molar-refractivity contribution < 1.29 is 9.53 Å². The standard InChI is InChI=1S/C21H31N5O2S/c1-3-22-21-23-9-6-19(24-21)25-10-7-17(8-11-25)15-20(27)26(12-13-28-2)16-18-5-4-14-29-18/h4-6,9,14,17H,3,7-8,10-13,15-16H2,1-2H3,(H,22,23,24). The molecule has 0 saturated carbocycles. The van der Waals surface area contributed by atoms with Gasteiger partial charge in [0.1, 0.15) is 5.82 Å². The molecule has 8 heteroatoms. The first kappa shape index (κ1) is 21.5. The molecule has 7 nitrogen and oxygen atoms in total. The second-order valence-corrected chi connectivity index (χ2v) is 8.32. The van der Waals surface area contributed by atoms with Crippen molar-refractivity contribution in [3.63, 3.8) is 0 Å². The molecule has 0 unspecified atom stereocenters. The average Bonchev–Trinajstić information content (AvgIpc) is 3.25. The molecular formula is C21H31N5O2S. The van der Waals surface area contributed by atoms with Crippen LogP contribution in [0.15, 0.2) is 29.8 Å². The van der Waals surface area contributed by atoms with Crippen LogP contribution in [-0.4, -0.2) is 60.7 Å². The molecule has 3 heterocycles. The van der Waals surface area contributed by atoms with E-state index in [1.165, 1.54) is 4.88 Å². The van der Waals surface area contributed by atoms with Gasteiger partial charge in [0.25, 0.3) is 0 Å². The van der Waals surface area contributed by atoms with Crippen molar-refractivity contribution >= 4 is 29.0 Å². The number of anilines is 2. The fourth-order valence-electron chi connectivity index (χ4n) is 3.59. The van der Waals surface area contributed by atoms with Crippen LogP contribution in [0, 0.1) is 5.92 Å². The molecule has 1 N–H and O–H groups in total. The third kappa shape index (κ3) is 6.40. The van der Waals surface area contributed by atoms with Crippen LogP contribution in [0.1, 0.15) is 31.1 Å². The third-order valence-corrected chi connectivity index (χ3v) is 6.08. The van der Waals surface area contributed by atoms with Gasteiger partial charge >= 0.3 is 0 Å². The summed E-state index contributed by atoms with van der Waals surface area (Å²) in [5.74, 6) is 2.28. The number of nitrogens with zero attached hydrogens (tertiary/aromatic N) is 4. The molecular weight excluding hydrogens is 386 g/mol. The van der Waals surface area contributed by atoms with Crippen molar-refractivity contribution in [2.24, 2.45) is 5.92 Å². The van der Waals surface area contributed by atoms with Crippen LogP contribution in [0.3, 0.4) is 0 Å². The third-order valence-electron chi connectivity index (χ3n) is 5.22. The van der Waals surface area contributed by atoms with E-state index in [9.17, 15) is 4.79 Å². The molecule has 1 aliphatic heterocycles. The van der Waals surface area contributed by atoms with Gasteiger partial charge < -0.3 is 19.9 Å². The predicted octanol–water partition coefficient (Wildman–Crippen LogP) is 3.25. The number of nitrogens with one attached hydrogen (secondary N) is 1. The number of rotatable bonds is 10. The summed E-state index contributed by atoms with van der Waals surface area (Å²) in [4.78, 5) is 27.2. The first-order valence-electron chi connectivity index (χ1n) is 10.3. The van der Waals surface area contributed by atoms with Crippen molar-refractivity contribution in [2.75, 3.05) is 50.1 Å². The highest BCUT2D eigenvalue weighted by atomic mass is 32.1. The van der Waals surface area contributed by atoms with Crippen molar-refractivity contribution in [1.82, 2.24) is 14.9 Å². The van der Waals surface area contributed by atoms with E-state index < -0.39 is 0 Å². The Kier molecular flexibility index (Phi) is 8.25. The molecule has 0 bridgehead atoms. The van der Waals surface area contributed by atoms with E-state index in [1.807, 2.05) is 24.0 Å². The molecule has 1 saturated heterocycles. The minimum absolute atomic E-state index is 0.227. The Morgan fingerprint density at radius 2 is 2.21 bits per heavy atom. The number of ether oxygens (including phenoxy) is 1. The van der Waals surface area contributed by atoms with Crippen LogP contribution >= 0.6 is 11.3 Å². The Morgan fingerprint density at radius 3 is 2.90 bits per heavy atom. The number of hydrogen-bond donors (Lipinski definition) is 1. The van der Waals surface area contributed by atoms with Crippen LogP contribution in [0.5, 0.6) is 0 Å². The topological polar surface area (TPSA) is 70.6 Å². The minimum atomic E-state index is 0.227. The van der Waals surface area contributed by atoms with E-state index in [1.54, 1.807) is 24.6 Å². The molecule has 1 amide bonds. The van der Waals surface area contributed by atoms with E-state index >= 15 is 0 Å². The summed E-state index contributed by atoms with van der Waals surface area (Å²) in [6.07, 6.45) is 4.41. The van der Waals surface area contributed by atoms with Gasteiger partial charge in [-0.15, -0.1) is 11.3 Å². The molecule has 0 spiro atoms. The first-order chi connectivity index (χ1) is 14.2.